The van der Waals surface area contributed by atoms with Crippen molar-refractivity contribution in [2.45, 2.75) is 38.2 Å². The number of benzene rings is 3. The molecule has 214 valence electrons. The van der Waals surface area contributed by atoms with Crippen LogP contribution in [0.4, 0.5) is 4.39 Å². The number of pyridine rings is 1. The summed E-state index contributed by atoms with van der Waals surface area (Å²) in [6.07, 6.45) is 4.74. The maximum absolute atomic E-state index is 13.9. The van der Waals surface area contributed by atoms with Crippen LogP contribution in [0.2, 0.25) is 15.1 Å². The number of hydrogen-bond acceptors (Lipinski definition) is 5. The van der Waals surface area contributed by atoms with Crippen molar-refractivity contribution in [2.75, 3.05) is 19.7 Å². The number of nitrogens with one attached hydrogen (secondary N) is 1. The van der Waals surface area contributed by atoms with Crippen LogP contribution in [0, 0.1) is 5.82 Å². The van der Waals surface area contributed by atoms with Gasteiger partial charge in [0.05, 0.1) is 39.4 Å². The molecule has 1 N–H and O–H groups in total. The van der Waals surface area contributed by atoms with Crippen LogP contribution in [-0.4, -0.2) is 36.3 Å². The predicted octanol–water partition coefficient (Wildman–Crippen LogP) is 7.60. The highest BCUT2D eigenvalue weighted by atomic mass is 35.5. The van der Waals surface area contributed by atoms with Crippen LogP contribution in [0.3, 0.4) is 0 Å². The van der Waals surface area contributed by atoms with Crippen LogP contribution in [0.1, 0.15) is 32.1 Å². The Balaban J connectivity index is 1.42. The molecule has 6 nitrogen and oxygen atoms in total. The van der Waals surface area contributed by atoms with Gasteiger partial charge in [0.2, 0.25) is 0 Å². The smallest absolute Gasteiger partial charge is 0.320 e. The Bertz CT molecular complexity index is 1620. The van der Waals surface area contributed by atoms with E-state index in [9.17, 15) is 14.0 Å². The topological polar surface area (TPSA) is 69.6 Å². The second-order valence-corrected chi connectivity index (χ2v) is 11.1. The lowest BCUT2D eigenvalue weighted by Crippen LogP contribution is -2.28. The van der Waals surface area contributed by atoms with E-state index in [1.54, 1.807) is 42.5 Å². The number of rotatable bonds is 10. The van der Waals surface area contributed by atoms with Crippen LogP contribution >= 0.6 is 34.8 Å². The molecule has 0 aliphatic heterocycles. The summed E-state index contributed by atoms with van der Waals surface area (Å²) >= 11 is 19.5. The molecule has 0 atom stereocenters. The average Bonchev–Trinajstić information content (AvgIpc) is 3.44. The monoisotopic (exact) mass is 616 g/mol. The van der Waals surface area contributed by atoms with Gasteiger partial charge in [0, 0.05) is 23.1 Å². The number of esters is 1. The van der Waals surface area contributed by atoms with Gasteiger partial charge >= 0.3 is 5.97 Å². The maximum atomic E-state index is 13.9. The van der Waals surface area contributed by atoms with E-state index in [0.29, 0.717) is 63.1 Å². The Morgan fingerprint density at radius 2 is 1.71 bits per heavy atom. The molecule has 10 heteroatoms. The summed E-state index contributed by atoms with van der Waals surface area (Å²) in [4.78, 5) is 25.2. The van der Waals surface area contributed by atoms with E-state index in [1.165, 1.54) is 22.8 Å². The summed E-state index contributed by atoms with van der Waals surface area (Å²) < 4.78 is 26.9. The molecule has 1 saturated carbocycles. The summed E-state index contributed by atoms with van der Waals surface area (Å²) in [6, 6.07) is 15.8. The van der Waals surface area contributed by atoms with E-state index in [-0.39, 0.29) is 29.2 Å². The van der Waals surface area contributed by atoms with Crippen molar-refractivity contribution in [3.05, 3.63) is 91.9 Å². The molecule has 1 aliphatic carbocycles. The number of fused-ring (bicyclic) bond motifs is 1. The third-order valence-corrected chi connectivity index (χ3v) is 7.93. The normalized spacial score (nSPS) is 13.6. The molecule has 3 aromatic carbocycles. The lowest BCUT2D eigenvalue weighted by Gasteiger charge is -2.18. The quantitative estimate of drug-likeness (QED) is 0.147. The van der Waals surface area contributed by atoms with Gasteiger partial charge in [-0.15, -0.1) is 0 Å². The average molecular weight is 618 g/mol. The SMILES string of the molecule is O=C(CNCCCOc1cc(-c2ccc(F)cc2Cl)c2ccc(=O)n(-c3c(Cl)cccc3Cl)c2c1)OC1CCCC1. The fraction of sp³-hybridized carbons (Fsp3) is 0.290. The van der Waals surface area contributed by atoms with Crippen LogP contribution in [0.5, 0.6) is 5.75 Å². The van der Waals surface area contributed by atoms with Crippen molar-refractivity contribution in [1.29, 1.82) is 0 Å². The minimum absolute atomic E-state index is 0.0439. The van der Waals surface area contributed by atoms with E-state index >= 15 is 0 Å². The van der Waals surface area contributed by atoms with Gasteiger partial charge in [-0.05, 0) is 86.7 Å². The number of ether oxygens (including phenoxy) is 2. The molecule has 0 radical (unpaired) electrons. The zero-order chi connectivity index (χ0) is 28.9. The Hall–Kier alpha value is -3.10. The predicted molar refractivity (Wildman–Crippen MR) is 161 cm³/mol. The van der Waals surface area contributed by atoms with Crippen LogP contribution < -0.4 is 15.6 Å². The number of carbonyl (C=O) groups is 1. The number of para-hydroxylation sites is 1. The van der Waals surface area contributed by atoms with Crippen molar-refractivity contribution in [3.8, 4) is 22.6 Å². The molecule has 0 saturated heterocycles. The molecule has 0 spiro atoms. The lowest BCUT2D eigenvalue weighted by atomic mass is 9.99. The Morgan fingerprint density at radius 1 is 0.951 bits per heavy atom. The zero-order valence-electron chi connectivity index (χ0n) is 22.1. The first-order chi connectivity index (χ1) is 19.8. The van der Waals surface area contributed by atoms with Gasteiger partial charge in [-0.25, -0.2) is 4.39 Å². The number of carbonyl (C=O) groups excluding carboxylic acids is 1. The number of nitrogens with zero attached hydrogens (tertiary/aromatic N) is 1. The largest absolute Gasteiger partial charge is 0.493 e. The lowest BCUT2D eigenvalue weighted by molar-refractivity contribution is -0.147. The minimum Gasteiger partial charge on any atom is -0.493 e. The Kier molecular flexibility index (Phi) is 9.50. The van der Waals surface area contributed by atoms with Crippen molar-refractivity contribution >= 4 is 51.7 Å². The maximum Gasteiger partial charge on any atom is 0.320 e. The highest BCUT2D eigenvalue weighted by Crippen LogP contribution is 2.38. The first kappa shape index (κ1) is 29.4. The molecule has 1 heterocycles. The van der Waals surface area contributed by atoms with Crippen molar-refractivity contribution in [1.82, 2.24) is 9.88 Å². The Labute approximate surface area is 251 Å². The molecular formula is C31H28Cl3FN2O4. The summed E-state index contributed by atoms with van der Waals surface area (Å²) in [6.45, 7) is 1.02. The molecule has 1 aromatic heterocycles. The molecule has 0 bridgehead atoms. The first-order valence-electron chi connectivity index (χ1n) is 13.4. The van der Waals surface area contributed by atoms with Gasteiger partial charge in [0.25, 0.3) is 5.56 Å². The molecule has 1 fully saturated rings. The summed E-state index contributed by atoms with van der Waals surface area (Å²) in [5, 5.41) is 4.58. The van der Waals surface area contributed by atoms with E-state index in [0.717, 1.165) is 25.7 Å². The van der Waals surface area contributed by atoms with Crippen molar-refractivity contribution in [3.63, 3.8) is 0 Å². The third kappa shape index (κ3) is 6.87. The second kappa shape index (κ2) is 13.3. The van der Waals surface area contributed by atoms with E-state index < -0.39 is 5.82 Å². The minimum atomic E-state index is -0.463. The van der Waals surface area contributed by atoms with Crippen LogP contribution in [0.25, 0.3) is 27.7 Å². The second-order valence-electron chi connectivity index (χ2n) is 9.88. The highest BCUT2D eigenvalue weighted by molar-refractivity contribution is 6.38. The Morgan fingerprint density at radius 3 is 2.44 bits per heavy atom. The van der Waals surface area contributed by atoms with Gasteiger partial charge in [-0.3, -0.25) is 14.2 Å². The van der Waals surface area contributed by atoms with Gasteiger partial charge in [-0.1, -0.05) is 40.9 Å². The number of hydrogen-bond donors (Lipinski definition) is 1. The molecule has 5 rings (SSSR count). The summed E-state index contributed by atoms with van der Waals surface area (Å²) in [5.41, 5.74) is 1.71. The van der Waals surface area contributed by atoms with Crippen molar-refractivity contribution in [2.24, 2.45) is 0 Å². The van der Waals surface area contributed by atoms with Crippen molar-refractivity contribution < 1.29 is 18.7 Å². The van der Waals surface area contributed by atoms with E-state index in [2.05, 4.69) is 5.32 Å². The molecule has 41 heavy (non-hydrogen) atoms. The first-order valence-corrected chi connectivity index (χ1v) is 14.6. The molecule has 0 amide bonds. The van der Waals surface area contributed by atoms with E-state index in [4.69, 9.17) is 44.3 Å². The van der Waals surface area contributed by atoms with E-state index in [1.807, 2.05) is 0 Å². The van der Waals surface area contributed by atoms with Gasteiger partial charge in [0.1, 0.15) is 17.7 Å². The molecule has 0 unspecified atom stereocenters. The molecular weight excluding hydrogens is 590 g/mol. The molecule has 1 aliphatic rings. The van der Waals surface area contributed by atoms with Gasteiger partial charge in [-0.2, -0.15) is 0 Å². The fourth-order valence-electron chi connectivity index (χ4n) is 5.08. The number of halogens is 4. The third-order valence-electron chi connectivity index (χ3n) is 7.00. The fourth-order valence-corrected chi connectivity index (χ4v) is 5.91. The summed E-state index contributed by atoms with van der Waals surface area (Å²) in [7, 11) is 0. The van der Waals surface area contributed by atoms with Crippen LogP contribution in [-0.2, 0) is 9.53 Å². The highest BCUT2D eigenvalue weighted by Gasteiger charge is 2.20. The molecule has 4 aromatic rings. The zero-order valence-corrected chi connectivity index (χ0v) is 24.4. The van der Waals surface area contributed by atoms with Gasteiger partial charge < -0.3 is 14.8 Å². The van der Waals surface area contributed by atoms with Crippen LogP contribution in [0.15, 0.2) is 65.5 Å². The summed E-state index contributed by atoms with van der Waals surface area (Å²) in [5.74, 6) is -0.240. The number of aromatic nitrogens is 1. The van der Waals surface area contributed by atoms with Gasteiger partial charge in [0.15, 0.2) is 0 Å². The standard InChI is InChI=1S/C31H28Cl3FN2O4/c32-25-7-3-8-26(33)31(25)37-28-17-21(40-14-4-13-36-18-30(39)41-20-5-1-2-6-20)16-24(23(28)11-12-29(37)38)22-10-9-19(35)15-27(22)34/h3,7-12,15-17,20,36H,1-2,4-6,13-14,18H2.